The average molecular weight is 783 g/mol. The second-order valence-electron chi connectivity index (χ2n) is 15.7. The summed E-state index contributed by atoms with van der Waals surface area (Å²) in [5, 5.41) is 12.9. The van der Waals surface area contributed by atoms with Crippen LogP contribution in [0.15, 0.2) is 186 Å². The quantitative estimate of drug-likeness (QED) is 0.179. The zero-order valence-electron chi connectivity index (χ0n) is 31.9. The van der Waals surface area contributed by atoms with Crippen LogP contribution in [0.2, 0.25) is 0 Å². The first-order valence-electron chi connectivity index (χ1n) is 20.2. The number of hydrogen-bond acceptors (Lipinski definition) is 4. The highest BCUT2D eigenvalue weighted by Gasteiger charge is 2.23. The van der Waals surface area contributed by atoms with Gasteiger partial charge < -0.3 is 8.98 Å². The van der Waals surface area contributed by atoms with Crippen LogP contribution < -0.4 is 0 Å². The monoisotopic (exact) mass is 782 g/mol. The molecule has 14 rings (SSSR count). The summed E-state index contributed by atoms with van der Waals surface area (Å²) in [5.41, 5.74) is 10.2. The lowest BCUT2D eigenvalue weighted by molar-refractivity contribution is 0.669. The van der Waals surface area contributed by atoms with Gasteiger partial charge in [-0.05, 0) is 88.3 Å². The van der Waals surface area contributed by atoms with Crippen molar-refractivity contribution in [1.29, 1.82) is 0 Å². The van der Waals surface area contributed by atoms with Crippen molar-refractivity contribution in [3.05, 3.63) is 182 Å². The Labute approximate surface area is 345 Å². The predicted molar refractivity (Wildman–Crippen MR) is 251 cm³/mol. The fourth-order valence-corrected chi connectivity index (χ4v) is 11.1. The SMILES string of the molecule is c1ccc2c(c1)ccc1oc3ccc(-c4nc(-n5c6ccc(-n7c8ccccc8c8ccccc87)cc6c6c7ccccc7ccc65)nc5c4sc4ccccc45)cc3c12. The molecule has 0 radical (unpaired) electrons. The highest BCUT2D eigenvalue weighted by atomic mass is 32.1. The average Bonchev–Trinajstić information content (AvgIpc) is 4.06. The first-order chi connectivity index (χ1) is 29.7. The van der Waals surface area contributed by atoms with Crippen LogP contribution >= 0.6 is 11.3 Å². The molecule has 0 aliphatic heterocycles. The van der Waals surface area contributed by atoms with Gasteiger partial charge in [-0.15, -0.1) is 11.3 Å². The van der Waals surface area contributed by atoms with Crippen molar-refractivity contribution in [2.75, 3.05) is 0 Å². The van der Waals surface area contributed by atoms with Crippen LogP contribution in [0.5, 0.6) is 0 Å². The number of para-hydroxylation sites is 2. The summed E-state index contributed by atoms with van der Waals surface area (Å²) in [5.74, 6) is 0.642. The molecule has 0 unspecified atom stereocenters. The molecule has 5 nitrogen and oxygen atoms in total. The molecule has 0 spiro atoms. The minimum atomic E-state index is 0.642. The van der Waals surface area contributed by atoms with Gasteiger partial charge in [0, 0.05) is 53.7 Å². The molecule has 60 heavy (non-hydrogen) atoms. The Balaban J connectivity index is 1.08. The zero-order chi connectivity index (χ0) is 39.1. The molecule has 0 aliphatic carbocycles. The summed E-state index contributed by atoms with van der Waals surface area (Å²) >= 11 is 1.75. The van der Waals surface area contributed by atoms with Crippen LogP contribution in [-0.4, -0.2) is 19.1 Å². The number of fused-ring (bicyclic) bond motifs is 16. The van der Waals surface area contributed by atoms with Crippen molar-refractivity contribution in [3.63, 3.8) is 0 Å². The number of rotatable bonds is 3. The third kappa shape index (κ3) is 4.35. The molecule has 278 valence electrons. The second-order valence-corrected chi connectivity index (χ2v) is 16.8. The fraction of sp³-hybridized carbons (Fsp3) is 0. The van der Waals surface area contributed by atoms with E-state index in [1.54, 1.807) is 11.3 Å². The van der Waals surface area contributed by atoms with E-state index < -0.39 is 0 Å². The maximum absolute atomic E-state index is 6.45. The predicted octanol–water partition coefficient (Wildman–Crippen LogP) is 14.9. The van der Waals surface area contributed by atoms with Gasteiger partial charge >= 0.3 is 0 Å². The van der Waals surface area contributed by atoms with Crippen LogP contribution in [0.3, 0.4) is 0 Å². The largest absolute Gasteiger partial charge is 0.456 e. The van der Waals surface area contributed by atoms with Crippen LogP contribution in [-0.2, 0) is 0 Å². The van der Waals surface area contributed by atoms with E-state index in [2.05, 4.69) is 191 Å². The van der Waals surface area contributed by atoms with Gasteiger partial charge in [-0.2, -0.15) is 0 Å². The standard InChI is InChI=1S/C54H30N4OS/c1-3-13-35-31(11-1)21-25-45-49(35)40-30-34(57-42-18-8-5-15-37(42)38-16-6-9-19-43(38)57)24-26-44(40)58(45)54-55-51(53-52(56-54)39-17-7-10-20-48(39)60-53)33-23-27-46-41(29-33)50-36-14-4-2-12-32(36)22-28-47(50)59-46/h1-30H. The molecule has 0 bridgehead atoms. The molecular weight excluding hydrogens is 753 g/mol. The molecule has 9 aromatic carbocycles. The van der Waals surface area contributed by atoms with E-state index >= 15 is 0 Å². The van der Waals surface area contributed by atoms with Gasteiger partial charge in [0.15, 0.2) is 0 Å². The molecule has 6 heteroatoms. The summed E-state index contributed by atoms with van der Waals surface area (Å²) in [6, 6.07) is 65.3. The summed E-state index contributed by atoms with van der Waals surface area (Å²) in [6.07, 6.45) is 0. The molecule has 14 aromatic rings. The molecule has 5 aromatic heterocycles. The number of benzene rings is 9. The lowest BCUT2D eigenvalue weighted by atomic mass is 10.0. The number of aromatic nitrogens is 4. The van der Waals surface area contributed by atoms with Crippen molar-refractivity contribution < 1.29 is 4.42 Å². The number of hydrogen-bond donors (Lipinski definition) is 0. The summed E-state index contributed by atoms with van der Waals surface area (Å²) < 4.78 is 13.4. The summed E-state index contributed by atoms with van der Waals surface area (Å²) in [7, 11) is 0. The normalized spacial score (nSPS) is 12.3. The topological polar surface area (TPSA) is 48.8 Å². The molecule has 5 heterocycles. The van der Waals surface area contributed by atoms with Crippen LogP contribution in [0.1, 0.15) is 0 Å². The molecule has 0 fully saturated rings. The van der Waals surface area contributed by atoms with Crippen molar-refractivity contribution in [3.8, 4) is 22.9 Å². The minimum Gasteiger partial charge on any atom is -0.456 e. The van der Waals surface area contributed by atoms with Crippen molar-refractivity contribution in [1.82, 2.24) is 19.1 Å². The van der Waals surface area contributed by atoms with Gasteiger partial charge in [0.1, 0.15) is 11.2 Å². The highest BCUT2D eigenvalue weighted by Crippen LogP contribution is 2.44. The van der Waals surface area contributed by atoms with Gasteiger partial charge in [-0.1, -0.05) is 115 Å². The molecule has 0 atom stereocenters. The van der Waals surface area contributed by atoms with E-state index in [0.717, 1.165) is 70.9 Å². The van der Waals surface area contributed by atoms with Gasteiger partial charge in [-0.25, -0.2) is 9.97 Å². The maximum Gasteiger partial charge on any atom is 0.235 e. The van der Waals surface area contributed by atoms with E-state index in [1.165, 1.54) is 53.4 Å². The molecule has 0 saturated heterocycles. The Kier molecular flexibility index (Phi) is 6.38. The van der Waals surface area contributed by atoms with E-state index in [0.29, 0.717) is 5.95 Å². The Morgan fingerprint density at radius 3 is 1.82 bits per heavy atom. The second kappa shape index (κ2) is 11.9. The molecule has 0 aliphatic rings. The van der Waals surface area contributed by atoms with Gasteiger partial charge in [0.25, 0.3) is 0 Å². The summed E-state index contributed by atoms with van der Waals surface area (Å²) in [6.45, 7) is 0. The number of furan rings is 1. The maximum atomic E-state index is 6.45. The minimum absolute atomic E-state index is 0.642. The lowest BCUT2D eigenvalue weighted by Crippen LogP contribution is -2.03. The van der Waals surface area contributed by atoms with Crippen molar-refractivity contribution in [2.24, 2.45) is 0 Å². The zero-order valence-corrected chi connectivity index (χ0v) is 32.7. The van der Waals surface area contributed by atoms with E-state index in [1.807, 2.05) is 0 Å². The van der Waals surface area contributed by atoms with E-state index in [4.69, 9.17) is 14.4 Å². The van der Waals surface area contributed by atoms with Crippen LogP contribution in [0.25, 0.3) is 130 Å². The highest BCUT2D eigenvalue weighted by molar-refractivity contribution is 7.26. The fourth-order valence-electron chi connectivity index (χ4n) is 9.90. The molecule has 0 N–H and O–H groups in total. The first kappa shape index (κ1) is 32.2. The van der Waals surface area contributed by atoms with Crippen LogP contribution in [0.4, 0.5) is 0 Å². The smallest absolute Gasteiger partial charge is 0.235 e. The number of thiophene rings is 1. The third-order valence-corrected chi connectivity index (χ3v) is 13.7. The Morgan fingerprint density at radius 1 is 0.417 bits per heavy atom. The van der Waals surface area contributed by atoms with E-state index in [9.17, 15) is 0 Å². The van der Waals surface area contributed by atoms with Gasteiger partial charge in [0.05, 0.1) is 38.0 Å². The molecular formula is C54H30N4OS. The van der Waals surface area contributed by atoms with Gasteiger partial charge in [-0.3, -0.25) is 4.57 Å². The Hall–Kier alpha value is -7.80. The molecule has 0 amide bonds. The lowest BCUT2D eigenvalue weighted by Gasteiger charge is -2.11. The third-order valence-electron chi connectivity index (χ3n) is 12.5. The number of nitrogens with zero attached hydrogens (tertiary/aromatic N) is 4. The first-order valence-corrected chi connectivity index (χ1v) is 21.1. The summed E-state index contributed by atoms with van der Waals surface area (Å²) in [4.78, 5) is 11.1. The van der Waals surface area contributed by atoms with Crippen molar-refractivity contribution >= 4 is 119 Å². The Morgan fingerprint density at radius 2 is 1.03 bits per heavy atom. The van der Waals surface area contributed by atoms with E-state index in [-0.39, 0.29) is 0 Å². The van der Waals surface area contributed by atoms with Crippen molar-refractivity contribution in [2.45, 2.75) is 0 Å². The van der Waals surface area contributed by atoms with Crippen LogP contribution in [0, 0.1) is 0 Å². The Bertz CT molecular complexity index is 4090. The van der Waals surface area contributed by atoms with Gasteiger partial charge in [0.2, 0.25) is 5.95 Å². The molecule has 0 saturated carbocycles.